The number of hydrogen-bond donors (Lipinski definition) is 1. The fraction of sp³-hybridized carbons (Fsp3) is 0.438. The smallest absolute Gasteiger partial charge is 0.255 e. The second kappa shape index (κ2) is 6.30. The number of halogens is 1. The topological polar surface area (TPSA) is 58.6 Å². The molecule has 1 N–H and O–H groups in total. The van der Waals surface area contributed by atoms with Crippen molar-refractivity contribution in [2.24, 2.45) is 0 Å². The third-order valence-electron chi connectivity index (χ3n) is 3.88. The van der Waals surface area contributed by atoms with Crippen LogP contribution >= 0.6 is 15.9 Å². The lowest BCUT2D eigenvalue weighted by atomic mass is 10.0. The van der Waals surface area contributed by atoms with Gasteiger partial charge in [-0.1, -0.05) is 0 Å². The van der Waals surface area contributed by atoms with E-state index in [4.69, 9.17) is 8.83 Å². The van der Waals surface area contributed by atoms with Gasteiger partial charge in [-0.2, -0.15) is 0 Å². The van der Waals surface area contributed by atoms with E-state index in [2.05, 4.69) is 26.1 Å². The summed E-state index contributed by atoms with van der Waals surface area (Å²) in [5.74, 6) is 2.51. The Hall–Kier alpha value is -1.53. The first-order valence-electron chi connectivity index (χ1n) is 7.44. The summed E-state index contributed by atoms with van der Waals surface area (Å²) in [7, 11) is 0. The molecule has 2 aromatic heterocycles. The van der Waals surface area contributed by atoms with Gasteiger partial charge in [0.15, 0.2) is 4.67 Å². The molecule has 0 fully saturated rings. The summed E-state index contributed by atoms with van der Waals surface area (Å²) in [5.41, 5.74) is 1.71. The molecule has 0 unspecified atom stereocenters. The summed E-state index contributed by atoms with van der Waals surface area (Å²) in [5, 5.41) is 2.86. The number of fused-ring (bicyclic) bond motifs is 1. The molecule has 1 aliphatic rings. The van der Waals surface area contributed by atoms with Crippen LogP contribution in [0, 0.1) is 6.92 Å². The highest BCUT2D eigenvalue weighted by Crippen LogP contribution is 2.29. The van der Waals surface area contributed by atoms with E-state index in [0.717, 1.165) is 41.3 Å². The van der Waals surface area contributed by atoms with Gasteiger partial charge >= 0.3 is 0 Å². The largest absolute Gasteiger partial charge is 0.465 e. The molecular weight excluding hydrogens is 348 g/mol. The average molecular weight is 367 g/mol. The molecule has 6 heteroatoms. The van der Waals surface area contributed by atoms with Gasteiger partial charge < -0.3 is 14.2 Å². The molecule has 5 nitrogen and oxygen atoms in total. The molecule has 0 radical (unpaired) electrons. The normalized spacial score (nSPS) is 14.9. The van der Waals surface area contributed by atoms with Crippen molar-refractivity contribution in [3.8, 4) is 0 Å². The summed E-state index contributed by atoms with van der Waals surface area (Å²) in [6, 6.07) is 3.86. The Labute approximate surface area is 137 Å². The number of carbonyl (C=O) groups excluding carboxylic acids is 1. The highest BCUT2D eigenvalue weighted by molar-refractivity contribution is 9.10. The molecule has 22 heavy (non-hydrogen) atoms. The number of rotatable bonds is 4. The molecular formula is C16H19BrN2O3. The van der Waals surface area contributed by atoms with E-state index in [0.29, 0.717) is 24.4 Å². The quantitative estimate of drug-likeness (QED) is 0.901. The Morgan fingerprint density at radius 1 is 1.41 bits per heavy atom. The Bertz CT molecular complexity index is 690. The van der Waals surface area contributed by atoms with Gasteiger partial charge in [0.05, 0.1) is 12.1 Å². The van der Waals surface area contributed by atoms with E-state index in [-0.39, 0.29) is 5.91 Å². The van der Waals surface area contributed by atoms with Gasteiger partial charge in [-0.15, -0.1) is 0 Å². The number of nitrogens with zero attached hydrogens (tertiary/aromatic N) is 1. The van der Waals surface area contributed by atoms with E-state index in [1.165, 1.54) is 0 Å². The summed E-state index contributed by atoms with van der Waals surface area (Å²) in [6.07, 6.45) is 0.817. The van der Waals surface area contributed by atoms with Crippen LogP contribution in [0.25, 0.3) is 0 Å². The van der Waals surface area contributed by atoms with Crippen molar-refractivity contribution in [1.82, 2.24) is 10.2 Å². The third kappa shape index (κ3) is 2.98. The van der Waals surface area contributed by atoms with Gasteiger partial charge in [-0.25, -0.2) is 0 Å². The van der Waals surface area contributed by atoms with Crippen molar-refractivity contribution in [3.05, 3.63) is 45.2 Å². The van der Waals surface area contributed by atoms with Crippen LogP contribution in [0.5, 0.6) is 0 Å². The lowest BCUT2D eigenvalue weighted by Gasteiger charge is -2.25. The fourth-order valence-corrected chi connectivity index (χ4v) is 3.26. The minimum absolute atomic E-state index is 0.0485. The summed E-state index contributed by atoms with van der Waals surface area (Å²) >= 11 is 3.32. The van der Waals surface area contributed by atoms with Crippen LogP contribution in [0.4, 0.5) is 0 Å². The van der Waals surface area contributed by atoms with Crippen molar-refractivity contribution >= 4 is 21.8 Å². The highest BCUT2D eigenvalue weighted by atomic mass is 79.9. The van der Waals surface area contributed by atoms with Gasteiger partial charge in [0.1, 0.15) is 17.3 Å². The lowest BCUT2D eigenvalue weighted by molar-refractivity contribution is 0.0952. The maximum Gasteiger partial charge on any atom is 0.255 e. The number of nitrogens with one attached hydrogen (secondary N) is 1. The molecule has 1 amide bonds. The minimum atomic E-state index is -0.0485. The Balaban J connectivity index is 1.80. The van der Waals surface area contributed by atoms with Crippen LogP contribution < -0.4 is 5.32 Å². The average Bonchev–Trinajstić information content (AvgIpc) is 3.01. The SMILES string of the molecule is CCNC(=O)c1c(C)oc2c1CN(Cc1ccc(Br)o1)CC2. The zero-order valence-electron chi connectivity index (χ0n) is 12.7. The molecule has 0 aromatic carbocycles. The van der Waals surface area contributed by atoms with Gasteiger partial charge in [0.2, 0.25) is 0 Å². The molecule has 3 rings (SSSR count). The fourth-order valence-electron chi connectivity index (χ4n) is 2.92. The first-order chi connectivity index (χ1) is 10.6. The van der Waals surface area contributed by atoms with Gasteiger partial charge in [0, 0.05) is 31.6 Å². The third-order valence-corrected chi connectivity index (χ3v) is 4.30. The number of aryl methyl sites for hydroxylation is 1. The number of hydrogen-bond acceptors (Lipinski definition) is 4. The van der Waals surface area contributed by atoms with Crippen LogP contribution in [-0.4, -0.2) is 23.9 Å². The van der Waals surface area contributed by atoms with E-state index in [9.17, 15) is 4.79 Å². The van der Waals surface area contributed by atoms with Crippen molar-refractivity contribution < 1.29 is 13.6 Å². The molecule has 0 bridgehead atoms. The predicted molar refractivity (Wildman–Crippen MR) is 85.7 cm³/mol. The number of carbonyl (C=O) groups is 1. The van der Waals surface area contributed by atoms with Crippen molar-refractivity contribution in [2.75, 3.05) is 13.1 Å². The van der Waals surface area contributed by atoms with Crippen molar-refractivity contribution in [3.63, 3.8) is 0 Å². The molecule has 0 atom stereocenters. The van der Waals surface area contributed by atoms with Gasteiger partial charge in [0.25, 0.3) is 5.91 Å². The highest BCUT2D eigenvalue weighted by Gasteiger charge is 2.28. The molecule has 2 aromatic rings. The van der Waals surface area contributed by atoms with Crippen LogP contribution in [0.15, 0.2) is 25.6 Å². The molecule has 0 saturated heterocycles. The predicted octanol–water partition coefficient (Wildman–Crippen LogP) is 3.25. The van der Waals surface area contributed by atoms with E-state index >= 15 is 0 Å². The minimum Gasteiger partial charge on any atom is -0.465 e. The van der Waals surface area contributed by atoms with Gasteiger partial charge in [-0.3, -0.25) is 9.69 Å². The van der Waals surface area contributed by atoms with E-state index in [1.807, 2.05) is 26.0 Å². The maximum atomic E-state index is 12.3. The second-order valence-electron chi connectivity index (χ2n) is 5.46. The second-order valence-corrected chi connectivity index (χ2v) is 6.24. The zero-order chi connectivity index (χ0) is 15.7. The number of furan rings is 2. The summed E-state index contributed by atoms with van der Waals surface area (Å²) in [6.45, 7) is 6.72. The lowest BCUT2D eigenvalue weighted by Crippen LogP contribution is -2.31. The van der Waals surface area contributed by atoms with Crippen LogP contribution in [-0.2, 0) is 19.5 Å². The monoisotopic (exact) mass is 366 g/mol. The molecule has 0 saturated carbocycles. The Morgan fingerprint density at radius 2 is 2.23 bits per heavy atom. The Morgan fingerprint density at radius 3 is 2.91 bits per heavy atom. The summed E-state index contributed by atoms with van der Waals surface area (Å²) in [4.78, 5) is 14.5. The maximum absolute atomic E-state index is 12.3. The Kier molecular flexibility index (Phi) is 4.40. The van der Waals surface area contributed by atoms with Crippen LogP contribution in [0.1, 0.15) is 40.1 Å². The summed E-state index contributed by atoms with van der Waals surface area (Å²) < 4.78 is 12.1. The zero-order valence-corrected chi connectivity index (χ0v) is 14.3. The van der Waals surface area contributed by atoms with Crippen LogP contribution in [0.2, 0.25) is 0 Å². The first kappa shape index (κ1) is 15.4. The molecule has 118 valence electrons. The molecule has 0 spiro atoms. The van der Waals surface area contributed by atoms with Gasteiger partial charge in [-0.05, 0) is 41.9 Å². The van der Waals surface area contributed by atoms with Crippen LogP contribution in [0.3, 0.4) is 0 Å². The standard InChI is InChI=1S/C16H19BrN2O3/c1-3-18-16(20)15-10(2)21-13-6-7-19(9-12(13)15)8-11-4-5-14(17)22-11/h4-5H,3,6-9H2,1-2H3,(H,18,20). The van der Waals surface area contributed by atoms with Crippen molar-refractivity contribution in [1.29, 1.82) is 0 Å². The molecule has 3 heterocycles. The number of amides is 1. The van der Waals surface area contributed by atoms with E-state index in [1.54, 1.807) is 0 Å². The molecule has 0 aliphatic carbocycles. The molecule has 1 aliphatic heterocycles. The van der Waals surface area contributed by atoms with E-state index < -0.39 is 0 Å². The first-order valence-corrected chi connectivity index (χ1v) is 8.23. The van der Waals surface area contributed by atoms with Crippen molar-refractivity contribution in [2.45, 2.75) is 33.4 Å².